The highest BCUT2D eigenvalue weighted by molar-refractivity contribution is 7.88. The molecule has 1 saturated heterocycles. The Morgan fingerprint density at radius 1 is 1.38 bits per heavy atom. The molecule has 76 valence electrons. The molecule has 6 heteroatoms. The van der Waals surface area contributed by atoms with Gasteiger partial charge in [-0.15, -0.1) is 0 Å². The molecule has 0 aliphatic carbocycles. The lowest BCUT2D eigenvalue weighted by atomic mass is 10.4. The molecule has 5 nitrogen and oxygen atoms in total. The van der Waals surface area contributed by atoms with Gasteiger partial charge in [-0.25, -0.2) is 0 Å². The Hall–Kier alpha value is -0.430. The molecule has 1 heterocycles. The van der Waals surface area contributed by atoms with Crippen molar-refractivity contribution in [3.8, 4) is 0 Å². The van der Waals surface area contributed by atoms with Gasteiger partial charge in [0.15, 0.2) is 0 Å². The third-order valence-electron chi connectivity index (χ3n) is 1.74. The van der Waals surface area contributed by atoms with Gasteiger partial charge < -0.3 is 4.74 Å². The van der Waals surface area contributed by atoms with Gasteiger partial charge in [-0.05, 0) is 0 Å². The second-order valence-electron chi connectivity index (χ2n) is 2.80. The molecule has 0 unspecified atom stereocenters. The zero-order valence-electron chi connectivity index (χ0n) is 7.22. The van der Waals surface area contributed by atoms with E-state index in [1.807, 2.05) is 4.90 Å². The van der Waals surface area contributed by atoms with Crippen molar-refractivity contribution in [2.45, 2.75) is 0 Å². The molecule has 1 rings (SSSR count). The van der Waals surface area contributed by atoms with Crippen molar-refractivity contribution in [3.05, 3.63) is 11.5 Å². The first-order valence-corrected chi connectivity index (χ1v) is 5.52. The molecule has 0 spiro atoms. The van der Waals surface area contributed by atoms with Gasteiger partial charge in [0.1, 0.15) is 0 Å². The Bertz CT molecular complexity index is 266. The molecule has 0 radical (unpaired) electrons. The lowest BCUT2D eigenvalue weighted by Gasteiger charge is -2.24. The molecule has 0 saturated carbocycles. The molecule has 1 fully saturated rings. The zero-order valence-corrected chi connectivity index (χ0v) is 8.03. The maximum atomic E-state index is 10.3. The van der Waals surface area contributed by atoms with Crippen LogP contribution in [-0.2, 0) is 14.9 Å². The number of ether oxygens (including phenoxy) is 1. The molecule has 0 atom stereocenters. The van der Waals surface area contributed by atoms with Gasteiger partial charge >= 0.3 is 0 Å². The molecule has 1 N–H and O–H groups in total. The van der Waals surface area contributed by atoms with Gasteiger partial charge in [-0.2, -0.15) is 8.42 Å². The second-order valence-corrected chi connectivity index (χ2v) is 4.10. The van der Waals surface area contributed by atoms with E-state index in [2.05, 4.69) is 0 Å². The monoisotopic (exact) mass is 207 g/mol. The van der Waals surface area contributed by atoms with E-state index in [9.17, 15) is 8.42 Å². The topological polar surface area (TPSA) is 66.8 Å². The molecule has 0 aromatic heterocycles. The predicted octanol–water partition coefficient (Wildman–Crippen LogP) is -0.280. The highest BCUT2D eigenvalue weighted by Gasteiger charge is 2.08. The molecule has 0 amide bonds. The van der Waals surface area contributed by atoms with Gasteiger partial charge in [0.2, 0.25) is 0 Å². The summed E-state index contributed by atoms with van der Waals surface area (Å²) in [6, 6.07) is 0. The van der Waals surface area contributed by atoms with Crippen LogP contribution in [0.5, 0.6) is 0 Å². The molecule has 13 heavy (non-hydrogen) atoms. The van der Waals surface area contributed by atoms with Crippen LogP contribution >= 0.6 is 0 Å². The van der Waals surface area contributed by atoms with E-state index in [0.29, 0.717) is 19.8 Å². The van der Waals surface area contributed by atoms with E-state index >= 15 is 0 Å². The van der Waals surface area contributed by atoms with E-state index in [1.165, 1.54) is 6.08 Å². The van der Waals surface area contributed by atoms with Crippen LogP contribution in [0.1, 0.15) is 0 Å². The normalized spacial score (nSPS) is 21.0. The van der Waals surface area contributed by atoms with Crippen molar-refractivity contribution in [2.75, 3.05) is 32.8 Å². The summed E-state index contributed by atoms with van der Waals surface area (Å²) >= 11 is 0. The summed E-state index contributed by atoms with van der Waals surface area (Å²) in [4.78, 5) is 2.05. The maximum absolute atomic E-state index is 10.3. The van der Waals surface area contributed by atoms with Crippen molar-refractivity contribution in [1.29, 1.82) is 0 Å². The van der Waals surface area contributed by atoms with Gasteiger partial charge in [-0.1, -0.05) is 6.08 Å². The third-order valence-corrected chi connectivity index (χ3v) is 2.27. The maximum Gasteiger partial charge on any atom is 0.287 e. The average Bonchev–Trinajstić information content (AvgIpc) is 2.04. The van der Waals surface area contributed by atoms with Crippen molar-refractivity contribution in [3.63, 3.8) is 0 Å². The summed E-state index contributed by atoms with van der Waals surface area (Å²) < 4.78 is 34.1. The van der Waals surface area contributed by atoms with Crippen LogP contribution in [0.2, 0.25) is 0 Å². The standard InChI is InChI=1S/C7H13NO4S/c9-13(10,11)7-1-2-8-3-5-12-6-4-8/h1,7H,2-6H2,(H,9,10,11). The summed E-state index contributed by atoms with van der Waals surface area (Å²) in [5.74, 6) is 0. The molecular weight excluding hydrogens is 194 g/mol. The Morgan fingerprint density at radius 3 is 2.54 bits per heavy atom. The minimum absolute atomic E-state index is 0.531. The number of hydrogen-bond donors (Lipinski definition) is 1. The minimum Gasteiger partial charge on any atom is -0.379 e. The lowest BCUT2D eigenvalue weighted by Crippen LogP contribution is -2.36. The smallest absolute Gasteiger partial charge is 0.287 e. The molecule has 1 aliphatic heterocycles. The summed E-state index contributed by atoms with van der Waals surface area (Å²) in [7, 11) is -3.96. The zero-order chi connectivity index (χ0) is 9.73. The fraction of sp³-hybridized carbons (Fsp3) is 0.714. The van der Waals surface area contributed by atoms with Gasteiger partial charge in [0.05, 0.1) is 18.6 Å². The first-order valence-electron chi connectivity index (χ1n) is 4.02. The van der Waals surface area contributed by atoms with Gasteiger partial charge in [-0.3, -0.25) is 9.45 Å². The highest BCUT2D eigenvalue weighted by atomic mass is 32.2. The largest absolute Gasteiger partial charge is 0.379 e. The average molecular weight is 207 g/mol. The molecule has 0 aromatic rings. The van der Waals surface area contributed by atoms with E-state index in [1.54, 1.807) is 0 Å². The van der Waals surface area contributed by atoms with Crippen LogP contribution in [0, 0.1) is 0 Å². The van der Waals surface area contributed by atoms with Crippen LogP contribution in [0.4, 0.5) is 0 Å². The highest BCUT2D eigenvalue weighted by Crippen LogP contribution is 1.96. The quantitative estimate of drug-likeness (QED) is 0.645. The molecule has 0 aromatic carbocycles. The Labute approximate surface area is 77.7 Å². The van der Waals surface area contributed by atoms with Crippen LogP contribution < -0.4 is 0 Å². The van der Waals surface area contributed by atoms with Crippen LogP contribution in [0.15, 0.2) is 11.5 Å². The predicted molar refractivity (Wildman–Crippen MR) is 47.9 cm³/mol. The van der Waals surface area contributed by atoms with Gasteiger partial charge in [0, 0.05) is 19.6 Å². The van der Waals surface area contributed by atoms with E-state index in [0.717, 1.165) is 18.5 Å². The van der Waals surface area contributed by atoms with E-state index < -0.39 is 10.1 Å². The summed E-state index contributed by atoms with van der Waals surface area (Å²) in [5, 5.41) is 0.808. The van der Waals surface area contributed by atoms with Crippen molar-refractivity contribution in [2.24, 2.45) is 0 Å². The van der Waals surface area contributed by atoms with Crippen LogP contribution in [0.3, 0.4) is 0 Å². The second kappa shape index (κ2) is 4.71. The SMILES string of the molecule is O=S(=O)(O)C=CCN1CCOCC1. The summed E-state index contributed by atoms with van der Waals surface area (Å²) in [6.07, 6.45) is 1.43. The Balaban J connectivity index is 2.29. The number of hydrogen-bond acceptors (Lipinski definition) is 4. The Kier molecular flexibility index (Phi) is 3.86. The first-order chi connectivity index (χ1) is 6.08. The number of nitrogens with zero attached hydrogens (tertiary/aromatic N) is 1. The fourth-order valence-electron chi connectivity index (χ4n) is 1.10. The summed E-state index contributed by atoms with van der Waals surface area (Å²) in [6.45, 7) is 3.49. The molecule has 1 aliphatic rings. The van der Waals surface area contributed by atoms with Crippen molar-refractivity contribution < 1.29 is 17.7 Å². The van der Waals surface area contributed by atoms with Crippen molar-refractivity contribution in [1.82, 2.24) is 4.90 Å². The lowest BCUT2D eigenvalue weighted by molar-refractivity contribution is 0.0434. The Morgan fingerprint density at radius 2 is 2.00 bits per heavy atom. The number of rotatable bonds is 3. The first kappa shape index (κ1) is 10.6. The molecule has 0 bridgehead atoms. The third kappa shape index (κ3) is 4.99. The van der Waals surface area contributed by atoms with E-state index in [-0.39, 0.29) is 0 Å². The minimum atomic E-state index is -3.96. The molecular formula is C7H13NO4S. The van der Waals surface area contributed by atoms with Crippen LogP contribution in [0.25, 0.3) is 0 Å². The summed E-state index contributed by atoms with van der Waals surface area (Å²) in [5.41, 5.74) is 0. The van der Waals surface area contributed by atoms with Crippen LogP contribution in [-0.4, -0.2) is 50.7 Å². The van der Waals surface area contributed by atoms with Crippen molar-refractivity contribution >= 4 is 10.1 Å². The van der Waals surface area contributed by atoms with E-state index in [4.69, 9.17) is 9.29 Å². The van der Waals surface area contributed by atoms with Gasteiger partial charge in [0.25, 0.3) is 10.1 Å². The number of morpholine rings is 1. The fourth-order valence-corrected chi connectivity index (χ4v) is 1.43.